The van der Waals surface area contributed by atoms with Gasteiger partial charge in [-0.05, 0) is 36.9 Å². The fourth-order valence-electron chi connectivity index (χ4n) is 3.94. The van der Waals surface area contributed by atoms with Gasteiger partial charge in [0.1, 0.15) is 12.1 Å². The fourth-order valence-corrected chi connectivity index (χ4v) is 3.94. The van der Waals surface area contributed by atoms with E-state index in [0.717, 1.165) is 29.4 Å². The third-order valence-electron chi connectivity index (χ3n) is 5.78. The van der Waals surface area contributed by atoms with Gasteiger partial charge in [0.15, 0.2) is 0 Å². The van der Waals surface area contributed by atoms with Crippen LogP contribution in [0, 0.1) is 5.92 Å². The Morgan fingerprint density at radius 3 is 2.58 bits per heavy atom. The highest BCUT2D eigenvalue weighted by Crippen LogP contribution is 2.19. The molecule has 1 aromatic carbocycles. The second-order valence-electron chi connectivity index (χ2n) is 8.62. The topological polar surface area (TPSA) is 152 Å². The number of carboxylic acid groups (broad SMARTS) is 1. The van der Waals surface area contributed by atoms with Gasteiger partial charge in [-0.15, -0.1) is 0 Å². The normalized spacial score (nSPS) is 17.5. The van der Waals surface area contributed by atoms with Crippen molar-refractivity contribution in [1.82, 2.24) is 26.3 Å². The van der Waals surface area contributed by atoms with Gasteiger partial charge in [0.25, 0.3) is 0 Å². The van der Waals surface area contributed by atoms with Crippen molar-refractivity contribution in [3.05, 3.63) is 36.0 Å². The number of nitrogens with one attached hydrogen (secondary N) is 5. The highest BCUT2D eigenvalue weighted by atomic mass is 16.4. The number of aromatic amines is 1. The maximum absolute atomic E-state index is 13.0. The van der Waals surface area contributed by atoms with Crippen molar-refractivity contribution in [2.45, 2.75) is 51.2 Å². The molecule has 10 heteroatoms. The second kappa shape index (κ2) is 11.0. The summed E-state index contributed by atoms with van der Waals surface area (Å²) in [4.78, 5) is 52.3. The third-order valence-corrected chi connectivity index (χ3v) is 5.78. The number of carbonyl (C=O) groups is 4. The van der Waals surface area contributed by atoms with E-state index in [2.05, 4.69) is 26.3 Å². The predicted octanol–water partition coefficient (Wildman–Crippen LogP) is 0.289. The Morgan fingerprint density at radius 2 is 1.91 bits per heavy atom. The molecule has 10 nitrogen and oxygen atoms in total. The first kappa shape index (κ1) is 24.2. The van der Waals surface area contributed by atoms with Crippen LogP contribution in [0.2, 0.25) is 0 Å². The summed E-state index contributed by atoms with van der Waals surface area (Å²) in [5, 5.41) is 21.0. The number of rotatable bonds is 10. The van der Waals surface area contributed by atoms with Crippen molar-refractivity contribution in [1.29, 1.82) is 0 Å². The van der Waals surface area contributed by atoms with Crippen LogP contribution in [-0.2, 0) is 25.6 Å². The highest BCUT2D eigenvalue weighted by molar-refractivity contribution is 5.93. The molecule has 0 bridgehead atoms. The molecule has 3 amide bonds. The molecule has 2 aromatic rings. The second-order valence-corrected chi connectivity index (χ2v) is 8.62. The summed E-state index contributed by atoms with van der Waals surface area (Å²) in [6.45, 7) is 3.72. The van der Waals surface area contributed by atoms with Gasteiger partial charge in [-0.2, -0.15) is 0 Å². The summed E-state index contributed by atoms with van der Waals surface area (Å²) in [5.41, 5.74) is 1.78. The van der Waals surface area contributed by atoms with E-state index >= 15 is 0 Å². The number of aromatic nitrogens is 1. The zero-order chi connectivity index (χ0) is 24.0. The Balaban J connectivity index is 1.68. The molecule has 1 aliphatic heterocycles. The van der Waals surface area contributed by atoms with Crippen molar-refractivity contribution in [2.75, 3.05) is 13.1 Å². The first-order valence-electron chi connectivity index (χ1n) is 11.1. The summed E-state index contributed by atoms with van der Waals surface area (Å²) >= 11 is 0. The van der Waals surface area contributed by atoms with E-state index in [0.29, 0.717) is 6.42 Å². The largest absolute Gasteiger partial charge is 0.480 e. The summed E-state index contributed by atoms with van der Waals surface area (Å²) < 4.78 is 0. The average molecular weight is 458 g/mol. The third kappa shape index (κ3) is 6.32. The van der Waals surface area contributed by atoms with Crippen molar-refractivity contribution >= 4 is 34.6 Å². The van der Waals surface area contributed by atoms with Crippen LogP contribution in [0.5, 0.6) is 0 Å². The number of benzene rings is 1. The predicted molar refractivity (Wildman–Crippen MR) is 122 cm³/mol. The molecule has 3 rings (SSSR count). The zero-order valence-corrected chi connectivity index (χ0v) is 18.8. The molecule has 3 atom stereocenters. The van der Waals surface area contributed by atoms with Gasteiger partial charge in [-0.3, -0.25) is 14.4 Å². The average Bonchev–Trinajstić information content (AvgIpc) is 3.45. The summed E-state index contributed by atoms with van der Waals surface area (Å²) in [5.74, 6) is -2.84. The SMILES string of the molecule is CC(C)C(NC(=O)CNC(=O)C(Cc1c[nH]c2ccccc12)NC(=O)C1CCCN1)C(=O)O. The van der Waals surface area contributed by atoms with Crippen molar-refractivity contribution in [2.24, 2.45) is 5.92 Å². The van der Waals surface area contributed by atoms with Crippen molar-refractivity contribution < 1.29 is 24.3 Å². The molecule has 1 saturated heterocycles. The molecule has 1 fully saturated rings. The highest BCUT2D eigenvalue weighted by Gasteiger charge is 2.29. The lowest BCUT2D eigenvalue weighted by Gasteiger charge is -2.21. The molecule has 2 heterocycles. The lowest BCUT2D eigenvalue weighted by molar-refractivity contribution is -0.143. The molecule has 1 aromatic heterocycles. The Kier molecular flexibility index (Phi) is 8.05. The van der Waals surface area contributed by atoms with E-state index in [1.54, 1.807) is 20.0 Å². The number of carboxylic acids is 1. The van der Waals surface area contributed by atoms with Crippen LogP contribution in [0.3, 0.4) is 0 Å². The van der Waals surface area contributed by atoms with Crippen LogP contribution in [-0.4, -0.2) is 65.0 Å². The maximum Gasteiger partial charge on any atom is 0.326 e. The van der Waals surface area contributed by atoms with Crippen molar-refractivity contribution in [3.8, 4) is 0 Å². The molecule has 3 unspecified atom stereocenters. The van der Waals surface area contributed by atoms with Gasteiger partial charge < -0.3 is 31.4 Å². The maximum atomic E-state index is 13.0. The minimum atomic E-state index is -1.14. The van der Waals surface area contributed by atoms with Gasteiger partial charge in [0.05, 0.1) is 12.6 Å². The number of fused-ring (bicyclic) bond motifs is 1. The summed E-state index contributed by atoms with van der Waals surface area (Å²) in [6, 6.07) is 5.36. The molecular weight excluding hydrogens is 426 g/mol. The van der Waals surface area contributed by atoms with Crippen LogP contribution < -0.4 is 21.3 Å². The van der Waals surface area contributed by atoms with E-state index in [1.807, 2.05) is 24.3 Å². The summed E-state index contributed by atoms with van der Waals surface area (Å²) in [7, 11) is 0. The van der Waals surface area contributed by atoms with Gasteiger partial charge >= 0.3 is 5.97 Å². The number of aliphatic carboxylic acids is 1. The van der Waals surface area contributed by atoms with Gasteiger partial charge in [0.2, 0.25) is 17.7 Å². The lowest BCUT2D eigenvalue weighted by atomic mass is 10.0. The summed E-state index contributed by atoms with van der Waals surface area (Å²) in [6.07, 6.45) is 3.62. The standard InChI is InChI=1S/C23H31N5O5/c1-13(2)20(23(32)33)28-19(29)12-26-21(30)18(27-22(31)17-8-5-9-24-17)10-14-11-25-16-7-4-3-6-15(14)16/h3-4,6-7,11,13,17-18,20,24-25H,5,8-10,12H2,1-2H3,(H,26,30)(H,27,31)(H,28,29)(H,32,33). The molecular formula is C23H31N5O5. The number of hydrogen-bond donors (Lipinski definition) is 6. The fraction of sp³-hybridized carbons (Fsp3) is 0.478. The molecule has 1 aliphatic rings. The molecule has 0 saturated carbocycles. The quantitative estimate of drug-likeness (QED) is 0.302. The first-order chi connectivity index (χ1) is 15.8. The van der Waals surface area contributed by atoms with Crippen LogP contribution >= 0.6 is 0 Å². The van der Waals surface area contributed by atoms with Crippen LogP contribution in [0.25, 0.3) is 10.9 Å². The van der Waals surface area contributed by atoms with Crippen LogP contribution in [0.15, 0.2) is 30.5 Å². The molecule has 6 N–H and O–H groups in total. The molecule has 0 radical (unpaired) electrons. The van der Waals surface area contributed by atoms with Crippen molar-refractivity contribution in [3.63, 3.8) is 0 Å². The first-order valence-corrected chi connectivity index (χ1v) is 11.1. The van der Waals surface area contributed by atoms with Gasteiger partial charge in [0, 0.05) is 23.5 Å². The monoisotopic (exact) mass is 457 g/mol. The van der Waals surface area contributed by atoms with E-state index in [4.69, 9.17) is 0 Å². The van der Waals surface area contributed by atoms with Gasteiger partial charge in [-0.25, -0.2) is 4.79 Å². The number of H-pyrrole nitrogens is 1. The van der Waals surface area contributed by atoms with E-state index in [1.165, 1.54) is 0 Å². The van der Waals surface area contributed by atoms with Crippen LogP contribution in [0.1, 0.15) is 32.3 Å². The Hall–Kier alpha value is -3.40. The molecule has 0 aliphatic carbocycles. The van der Waals surface area contributed by atoms with E-state index in [9.17, 15) is 24.3 Å². The lowest BCUT2D eigenvalue weighted by Crippen LogP contribution is -2.54. The number of carbonyl (C=O) groups excluding carboxylic acids is 3. The Bertz CT molecular complexity index is 1010. The minimum Gasteiger partial charge on any atom is -0.480 e. The zero-order valence-electron chi connectivity index (χ0n) is 18.8. The number of amides is 3. The van der Waals surface area contributed by atoms with Crippen LogP contribution in [0.4, 0.5) is 0 Å². The molecule has 178 valence electrons. The number of hydrogen-bond acceptors (Lipinski definition) is 5. The van der Waals surface area contributed by atoms with E-state index in [-0.39, 0.29) is 24.3 Å². The van der Waals surface area contributed by atoms with Gasteiger partial charge in [-0.1, -0.05) is 32.0 Å². The number of para-hydroxylation sites is 1. The Morgan fingerprint density at radius 1 is 1.15 bits per heavy atom. The van der Waals surface area contributed by atoms with E-state index < -0.39 is 36.4 Å². The molecule has 33 heavy (non-hydrogen) atoms. The smallest absolute Gasteiger partial charge is 0.326 e. The molecule has 0 spiro atoms. The minimum absolute atomic E-state index is 0.236. The Labute approximate surface area is 191 Å².